The molecule has 1 fully saturated rings. The summed E-state index contributed by atoms with van der Waals surface area (Å²) in [6.45, 7) is 2.95. The first-order chi connectivity index (χ1) is 32.2. The van der Waals surface area contributed by atoms with Crippen molar-refractivity contribution < 1.29 is 38.4 Å². The lowest BCUT2D eigenvalue weighted by atomic mass is 10.0. The molecule has 1 aliphatic heterocycles. The minimum atomic E-state index is -1.34. The molecule has 21 heteroatoms. The van der Waals surface area contributed by atoms with E-state index in [1.165, 1.54) is 26.4 Å². The van der Waals surface area contributed by atoms with Gasteiger partial charge in [-0.15, -0.1) is 0 Å². The number of carbonyl (C=O) groups excluding carboxylic acids is 8. The number of carbonyl (C=O) groups is 8. The molecule has 0 unspecified atom stereocenters. The van der Waals surface area contributed by atoms with Gasteiger partial charge in [0, 0.05) is 69.0 Å². The van der Waals surface area contributed by atoms with E-state index in [9.17, 15) is 38.4 Å². The van der Waals surface area contributed by atoms with Crippen LogP contribution in [-0.2, 0) is 57.6 Å². The third-order valence-corrected chi connectivity index (χ3v) is 11.3. The molecule has 0 bridgehead atoms. The summed E-state index contributed by atoms with van der Waals surface area (Å²) in [7, 11) is 0. The van der Waals surface area contributed by atoms with Crippen molar-refractivity contribution in [3.8, 4) is 0 Å². The second kappa shape index (κ2) is 25.2. The Morgan fingerprint density at radius 2 is 1.39 bits per heavy atom. The second-order valence-electron chi connectivity index (χ2n) is 16.6. The van der Waals surface area contributed by atoms with Gasteiger partial charge in [-0.3, -0.25) is 43.8 Å². The number of rotatable bonds is 12. The normalized spacial score (nSPS) is 22.1. The molecule has 0 saturated carbocycles. The smallest absolute Gasteiger partial charge is 0.243 e. The quantitative estimate of drug-likeness (QED) is 0.0501. The first-order valence-corrected chi connectivity index (χ1v) is 22.4. The Morgan fingerprint density at radius 1 is 0.746 bits per heavy atom. The molecule has 67 heavy (non-hydrogen) atoms. The number of hydrogen-bond acceptors (Lipinski definition) is 10. The molecule has 1 saturated heterocycles. The number of amides is 7. The Hall–Kier alpha value is -7.58. The Kier molecular flexibility index (Phi) is 19.0. The summed E-state index contributed by atoms with van der Waals surface area (Å²) in [5.74, 6) is -5.26. The number of benzene rings is 2. The first kappa shape index (κ1) is 50.4. The van der Waals surface area contributed by atoms with E-state index < -0.39 is 77.6 Å². The van der Waals surface area contributed by atoms with Crippen LogP contribution in [0.3, 0.4) is 0 Å². The third-order valence-electron chi connectivity index (χ3n) is 11.3. The summed E-state index contributed by atoms with van der Waals surface area (Å²) in [6, 6.07) is 8.89. The van der Waals surface area contributed by atoms with Crippen molar-refractivity contribution in [2.75, 3.05) is 13.1 Å². The fraction of sp³-hybridized carbons (Fsp3) is 0.435. The van der Waals surface area contributed by atoms with E-state index in [0.717, 1.165) is 10.9 Å². The molecular formula is C46H61N13O8. The Bertz CT molecular complexity index is 2350. The number of nitrogens with zero attached hydrogens (tertiary/aromatic N) is 1. The highest BCUT2D eigenvalue weighted by Gasteiger charge is 2.34. The van der Waals surface area contributed by atoms with Crippen LogP contribution >= 0.6 is 0 Å². The highest BCUT2D eigenvalue weighted by Crippen LogP contribution is 2.20. The lowest BCUT2D eigenvalue weighted by molar-refractivity contribution is -0.135. The van der Waals surface area contributed by atoms with Crippen molar-refractivity contribution in [2.45, 2.75) is 114 Å². The Morgan fingerprint density at radius 3 is 2.07 bits per heavy atom. The standard InChI is InChI=1S/C46H61N13O8/c1-27(60)33-14-8-9-19-50-40(62)18-17-36(54-28(2)61)42(64)59-39(23-31-25-49-26-53-31)45(67)57-37(21-29-11-4-3-5-12-29)43(65)56-35(16-10-20-51-46(47)48)41(63)58-38(44(66)55-33)22-30-24-52-34-15-7-6-13-32(30)34/h3-7,11-13,15,24-26,33,35-39,52H,8-10,14,16-23H2,1-2H3,(H,49,53)(H,50,62)(H,54,61)(H,55,66)(H,56,65)(H,57,67)(H,58,63)(H,59,64)(H4,47,48,51)/t33-,35-,36-,37+,38-,39-/m0/s1. The van der Waals surface area contributed by atoms with E-state index in [1.54, 1.807) is 36.5 Å². The number of H-pyrrole nitrogens is 2. The highest BCUT2D eigenvalue weighted by molar-refractivity contribution is 5.97. The lowest BCUT2D eigenvalue weighted by Gasteiger charge is -2.28. The molecule has 5 rings (SSSR count). The van der Waals surface area contributed by atoms with E-state index in [-0.39, 0.29) is 76.2 Å². The number of aromatic nitrogens is 3. The molecule has 0 aliphatic carbocycles. The number of guanidine groups is 1. The van der Waals surface area contributed by atoms with E-state index in [4.69, 9.17) is 11.1 Å². The maximum Gasteiger partial charge on any atom is 0.243 e. The van der Waals surface area contributed by atoms with Gasteiger partial charge in [0.1, 0.15) is 30.2 Å². The molecular weight excluding hydrogens is 863 g/mol. The van der Waals surface area contributed by atoms with Crippen LogP contribution in [0.1, 0.15) is 75.6 Å². The van der Waals surface area contributed by atoms with Gasteiger partial charge in [-0.25, -0.2) is 4.98 Å². The largest absolute Gasteiger partial charge is 0.370 e. The summed E-state index contributed by atoms with van der Waals surface area (Å²) in [6.07, 6.45) is 5.53. The van der Waals surface area contributed by atoms with Crippen molar-refractivity contribution in [3.63, 3.8) is 0 Å². The topological polar surface area (TPSA) is 327 Å². The average molecular weight is 924 g/mol. The maximum absolute atomic E-state index is 14.5. The van der Waals surface area contributed by atoms with Gasteiger partial charge in [-0.05, 0) is 62.6 Å². The number of nitrogens with one attached hydrogen (secondary N) is 11. The molecule has 13 N–H and O–H groups in total. The molecule has 358 valence electrons. The number of Topliss-reactive ketones (excluding diaryl/α,β-unsaturated/α-hetero) is 1. The fourth-order valence-electron chi connectivity index (χ4n) is 7.73. The van der Waals surface area contributed by atoms with Crippen LogP contribution in [0.4, 0.5) is 0 Å². The molecule has 2 aromatic heterocycles. The van der Waals surface area contributed by atoms with Crippen molar-refractivity contribution in [1.29, 1.82) is 5.41 Å². The van der Waals surface area contributed by atoms with Crippen molar-refractivity contribution in [2.24, 2.45) is 5.73 Å². The van der Waals surface area contributed by atoms with Crippen LogP contribution in [0.2, 0.25) is 0 Å². The van der Waals surface area contributed by atoms with Gasteiger partial charge in [-0.1, -0.05) is 48.5 Å². The molecule has 0 radical (unpaired) electrons. The van der Waals surface area contributed by atoms with Crippen LogP contribution in [0.25, 0.3) is 10.9 Å². The monoisotopic (exact) mass is 923 g/mol. The van der Waals surface area contributed by atoms with Gasteiger partial charge in [0.05, 0.1) is 18.1 Å². The number of hydrogen-bond donors (Lipinski definition) is 12. The zero-order valence-electron chi connectivity index (χ0n) is 37.7. The fourth-order valence-corrected chi connectivity index (χ4v) is 7.73. The van der Waals surface area contributed by atoms with Gasteiger partial charge in [0.2, 0.25) is 41.4 Å². The van der Waals surface area contributed by atoms with Gasteiger partial charge in [-0.2, -0.15) is 0 Å². The summed E-state index contributed by atoms with van der Waals surface area (Å²) < 4.78 is 0. The maximum atomic E-state index is 14.5. The van der Waals surface area contributed by atoms with Gasteiger partial charge >= 0.3 is 0 Å². The summed E-state index contributed by atoms with van der Waals surface area (Å²) in [5, 5.41) is 30.3. The number of imidazole rings is 1. The predicted octanol–water partition coefficient (Wildman–Crippen LogP) is -0.220. The SMILES string of the molecule is CC(=O)N[C@H]1CCC(=O)NCCCC[C@@H](C(C)=O)NC(=O)[C@H](Cc2c[nH]c3ccccc23)NC(=O)[C@H](CCCNC(=N)N)NC(=O)[C@@H](Cc2ccccc2)NC(=O)[C@H](Cc2c[nH]cn2)NC1=O. The van der Waals surface area contributed by atoms with Crippen LogP contribution in [0, 0.1) is 5.41 Å². The minimum absolute atomic E-state index is 0.000267. The van der Waals surface area contributed by atoms with Crippen LogP contribution in [0.5, 0.6) is 0 Å². The number of nitrogens with two attached hydrogens (primary N) is 1. The molecule has 7 amide bonds. The number of para-hydroxylation sites is 1. The molecule has 1 aliphatic rings. The number of fused-ring (bicyclic) bond motifs is 1. The van der Waals surface area contributed by atoms with Crippen molar-refractivity contribution >= 4 is 64.0 Å². The number of aromatic amines is 2. The van der Waals surface area contributed by atoms with Crippen molar-refractivity contribution in [1.82, 2.24) is 57.5 Å². The predicted molar refractivity (Wildman–Crippen MR) is 248 cm³/mol. The van der Waals surface area contributed by atoms with E-state index in [0.29, 0.717) is 29.7 Å². The molecule has 2 aromatic carbocycles. The first-order valence-electron chi connectivity index (χ1n) is 22.4. The van der Waals surface area contributed by atoms with Crippen LogP contribution in [-0.4, -0.2) is 117 Å². The van der Waals surface area contributed by atoms with Crippen LogP contribution in [0.15, 0.2) is 73.3 Å². The van der Waals surface area contributed by atoms with E-state index in [1.807, 2.05) is 24.3 Å². The second-order valence-corrected chi connectivity index (χ2v) is 16.6. The lowest BCUT2D eigenvalue weighted by Crippen LogP contribution is -2.60. The molecule has 21 nitrogen and oxygen atoms in total. The average Bonchev–Trinajstić information content (AvgIpc) is 3.97. The Balaban J connectivity index is 1.52. The minimum Gasteiger partial charge on any atom is -0.370 e. The molecule has 4 aromatic rings. The Labute approximate surface area is 387 Å². The van der Waals surface area contributed by atoms with Gasteiger partial charge < -0.3 is 58.2 Å². The van der Waals surface area contributed by atoms with E-state index in [2.05, 4.69) is 57.5 Å². The van der Waals surface area contributed by atoms with Crippen molar-refractivity contribution in [3.05, 3.63) is 90.1 Å². The van der Waals surface area contributed by atoms with Gasteiger partial charge in [0.15, 0.2) is 11.7 Å². The van der Waals surface area contributed by atoms with Crippen LogP contribution < -0.4 is 48.3 Å². The summed E-state index contributed by atoms with van der Waals surface area (Å²) in [5.41, 5.74) is 8.06. The zero-order chi connectivity index (χ0) is 48.3. The highest BCUT2D eigenvalue weighted by atomic mass is 16.2. The zero-order valence-corrected chi connectivity index (χ0v) is 37.7. The molecule has 3 heterocycles. The van der Waals surface area contributed by atoms with Gasteiger partial charge in [0.25, 0.3) is 0 Å². The summed E-state index contributed by atoms with van der Waals surface area (Å²) >= 11 is 0. The number of ketones is 1. The van der Waals surface area contributed by atoms with E-state index >= 15 is 0 Å². The molecule has 0 spiro atoms. The third kappa shape index (κ3) is 16.1. The summed E-state index contributed by atoms with van der Waals surface area (Å²) in [4.78, 5) is 120. The molecule has 6 atom stereocenters.